The fourth-order valence-corrected chi connectivity index (χ4v) is 4.23. The third kappa shape index (κ3) is 8.29. The van der Waals surface area contributed by atoms with Crippen molar-refractivity contribution in [2.45, 2.75) is 103 Å². The van der Waals surface area contributed by atoms with E-state index in [2.05, 4.69) is 66.4 Å². The molecule has 2 heteroatoms. The lowest BCUT2D eigenvalue weighted by atomic mass is 10.1. The first-order valence-corrected chi connectivity index (χ1v) is 12.1. The van der Waals surface area contributed by atoms with Gasteiger partial charge in [0.2, 0.25) is 0 Å². The minimum Gasteiger partial charge on any atom is -0.352 e. The molecule has 0 radical (unpaired) electrons. The van der Waals surface area contributed by atoms with Gasteiger partial charge in [-0.2, -0.15) is 0 Å². The lowest BCUT2D eigenvalue weighted by molar-refractivity contribution is 0.150. The molecule has 0 amide bonds. The maximum atomic E-state index is 2.55. The van der Waals surface area contributed by atoms with E-state index < -0.39 is 0 Å². The Labute approximate surface area is 175 Å². The molecule has 1 atom stereocenters. The molecule has 2 rings (SSSR count). The Balaban J connectivity index is 1.63. The van der Waals surface area contributed by atoms with Crippen molar-refractivity contribution in [1.82, 2.24) is 9.80 Å². The van der Waals surface area contributed by atoms with Gasteiger partial charge in [-0.3, -0.25) is 0 Å². The molecule has 0 aromatic heterocycles. The van der Waals surface area contributed by atoms with Crippen LogP contribution < -0.4 is 0 Å². The number of rotatable bonds is 16. The van der Waals surface area contributed by atoms with E-state index in [-0.39, 0.29) is 0 Å². The summed E-state index contributed by atoms with van der Waals surface area (Å²) in [6, 6.07) is 11.0. The molecule has 0 N–H and O–H groups in total. The second kappa shape index (κ2) is 14.5. The van der Waals surface area contributed by atoms with Crippen LogP contribution in [0.15, 0.2) is 42.7 Å². The van der Waals surface area contributed by atoms with Crippen LogP contribution in [0.2, 0.25) is 0 Å². The Morgan fingerprint density at radius 1 is 0.571 bits per heavy atom. The number of nitrogens with zero attached hydrogens (tertiary/aromatic N) is 2. The van der Waals surface area contributed by atoms with Crippen LogP contribution in [0.25, 0.3) is 0 Å². The largest absolute Gasteiger partial charge is 0.352 e. The molecule has 158 valence electrons. The Morgan fingerprint density at radius 2 is 1.04 bits per heavy atom. The Morgan fingerprint density at radius 3 is 1.57 bits per heavy atom. The molecular formula is C26H44N2. The van der Waals surface area contributed by atoms with Crippen molar-refractivity contribution >= 4 is 0 Å². The van der Waals surface area contributed by atoms with Gasteiger partial charge in [-0.25, -0.2) is 0 Å². The molecule has 1 aliphatic heterocycles. The minimum atomic E-state index is 0.399. The lowest BCUT2D eigenvalue weighted by Crippen LogP contribution is -2.32. The van der Waals surface area contributed by atoms with E-state index in [0.717, 1.165) is 6.54 Å². The van der Waals surface area contributed by atoms with E-state index in [4.69, 9.17) is 0 Å². The van der Waals surface area contributed by atoms with Crippen LogP contribution in [0.5, 0.6) is 0 Å². The van der Waals surface area contributed by atoms with E-state index in [0.29, 0.717) is 6.17 Å². The van der Waals surface area contributed by atoms with Gasteiger partial charge in [0.1, 0.15) is 6.17 Å². The molecule has 1 aromatic carbocycles. The van der Waals surface area contributed by atoms with Crippen molar-refractivity contribution < 1.29 is 0 Å². The standard InChI is InChI=1S/C26H44N2/c1-3-5-7-8-9-10-11-12-13-14-18-22-28-24-23-27(21-6-4-2)26(28)25-19-16-15-17-20-25/h15-17,19-20,23-24,26H,3-14,18,21-22H2,1-2H3. The highest BCUT2D eigenvalue weighted by Gasteiger charge is 2.26. The highest BCUT2D eigenvalue weighted by molar-refractivity contribution is 5.21. The van der Waals surface area contributed by atoms with E-state index in [1.165, 1.54) is 95.6 Å². The summed E-state index contributed by atoms with van der Waals surface area (Å²) >= 11 is 0. The fraction of sp³-hybridized carbons (Fsp3) is 0.692. The molecule has 0 spiro atoms. The maximum Gasteiger partial charge on any atom is 0.127 e. The van der Waals surface area contributed by atoms with Crippen LogP contribution in [0.1, 0.15) is 109 Å². The van der Waals surface area contributed by atoms with Crippen LogP contribution in [0.3, 0.4) is 0 Å². The first-order valence-electron chi connectivity index (χ1n) is 12.1. The summed E-state index contributed by atoms with van der Waals surface area (Å²) in [7, 11) is 0. The predicted molar refractivity (Wildman–Crippen MR) is 123 cm³/mol. The van der Waals surface area contributed by atoms with Crippen LogP contribution >= 0.6 is 0 Å². The van der Waals surface area contributed by atoms with Gasteiger partial charge in [0.25, 0.3) is 0 Å². The van der Waals surface area contributed by atoms with Crippen molar-refractivity contribution in [2.24, 2.45) is 0 Å². The smallest absolute Gasteiger partial charge is 0.127 e. The average molecular weight is 385 g/mol. The van der Waals surface area contributed by atoms with Gasteiger partial charge in [0.15, 0.2) is 0 Å². The summed E-state index contributed by atoms with van der Waals surface area (Å²) in [4.78, 5) is 5.08. The van der Waals surface area contributed by atoms with Crippen LogP contribution in [0, 0.1) is 0 Å². The summed E-state index contributed by atoms with van der Waals surface area (Å²) in [5.41, 5.74) is 1.42. The average Bonchev–Trinajstić information content (AvgIpc) is 3.13. The number of hydrogen-bond donors (Lipinski definition) is 0. The molecule has 0 bridgehead atoms. The Hall–Kier alpha value is -1.44. The SMILES string of the molecule is CCCCCCCCCCCCCN1C=CN(CCCC)C1c1ccccc1. The Bertz CT molecular complexity index is 510. The first kappa shape index (κ1) is 22.8. The monoisotopic (exact) mass is 384 g/mol. The topological polar surface area (TPSA) is 6.48 Å². The third-order valence-corrected chi connectivity index (χ3v) is 5.97. The summed E-state index contributed by atoms with van der Waals surface area (Å²) in [6.45, 7) is 6.90. The van der Waals surface area contributed by atoms with Crippen molar-refractivity contribution in [3.8, 4) is 0 Å². The summed E-state index contributed by atoms with van der Waals surface area (Å²) in [5.74, 6) is 0. The normalized spacial score (nSPS) is 16.3. The molecule has 1 aromatic rings. The van der Waals surface area contributed by atoms with Gasteiger partial charge in [-0.1, -0.05) is 115 Å². The van der Waals surface area contributed by atoms with Crippen LogP contribution in [-0.4, -0.2) is 22.9 Å². The van der Waals surface area contributed by atoms with E-state index in [9.17, 15) is 0 Å². The predicted octanol–water partition coefficient (Wildman–Crippen LogP) is 7.89. The second-order valence-electron chi connectivity index (χ2n) is 8.45. The van der Waals surface area contributed by atoms with Gasteiger partial charge in [0.05, 0.1) is 0 Å². The molecule has 0 aliphatic carbocycles. The van der Waals surface area contributed by atoms with Crippen molar-refractivity contribution in [3.63, 3.8) is 0 Å². The third-order valence-electron chi connectivity index (χ3n) is 5.97. The molecule has 1 aliphatic rings. The fourth-order valence-electron chi connectivity index (χ4n) is 4.23. The van der Waals surface area contributed by atoms with Crippen LogP contribution in [0.4, 0.5) is 0 Å². The molecular weight excluding hydrogens is 340 g/mol. The van der Waals surface area contributed by atoms with Gasteiger partial charge in [-0.05, 0) is 18.4 Å². The molecule has 1 heterocycles. The molecule has 0 fully saturated rings. The minimum absolute atomic E-state index is 0.399. The summed E-state index contributed by atoms with van der Waals surface area (Å²) < 4.78 is 0. The van der Waals surface area contributed by atoms with Crippen molar-refractivity contribution in [3.05, 3.63) is 48.3 Å². The molecule has 0 saturated heterocycles. The van der Waals surface area contributed by atoms with E-state index >= 15 is 0 Å². The van der Waals surface area contributed by atoms with Gasteiger partial charge < -0.3 is 9.80 Å². The molecule has 0 saturated carbocycles. The van der Waals surface area contributed by atoms with Crippen LogP contribution in [-0.2, 0) is 0 Å². The quantitative estimate of drug-likeness (QED) is 0.267. The summed E-state index contributed by atoms with van der Waals surface area (Å²) in [6.07, 6.45) is 23.1. The van der Waals surface area contributed by atoms with E-state index in [1.807, 2.05) is 0 Å². The zero-order valence-corrected chi connectivity index (χ0v) is 18.6. The Kier molecular flexibility index (Phi) is 11.9. The zero-order valence-electron chi connectivity index (χ0n) is 18.6. The highest BCUT2D eigenvalue weighted by Crippen LogP contribution is 2.31. The van der Waals surface area contributed by atoms with Gasteiger partial charge in [-0.15, -0.1) is 0 Å². The van der Waals surface area contributed by atoms with Gasteiger partial charge >= 0.3 is 0 Å². The van der Waals surface area contributed by atoms with E-state index in [1.54, 1.807) is 0 Å². The van der Waals surface area contributed by atoms with Crippen molar-refractivity contribution in [2.75, 3.05) is 13.1 Å². The lowest BCUT2D eigenvalue weighted by Gasteiger charge is -2.33. The summed E-state index contributed by atoms with van der Waals surface area (Å²) in [5, 5.41) is 0. The van der Waals surface area contributed by atoms with Gasteiger partial charge in [0, 0.05) is 25.5 Å². The van der Waals surface area contributed by atoms with Crippen molar-refractivity contribution in [1.29, 1.82) is 0 Å². The number of hydrogen-bond acceptors (Lipinski definition) is 2. The second-order valence-corrected chi connectivity index (χ2v) is 8.45. The molecule has 2 nitrogen and oxygen atoms in total. The number of unbranched alkanes of at least 4 members (excludes halogenated alkanes) is 11. The molecule has 28 heavy (non-hydrogen) atoms. The number of benzene rings is 1. The molecule has 1 unspecified atom stereocenters. The maximum absolute atomic E-state index is 2.55. The first-order chi connectivity index (χ1) is 13.9. The zero-order chi connectivity index (χ0) is 19.9. The highest BCUT2D eigenvalue weighted by atomic mass is 15.4.